The van der Waals surface area contributed by atoms with Gasteiger partial charge in [0, 0.05) is 6.54 Å². The van der Waals surface area contributed by atoms with E-state index < -0.39 is 18.1 Å². The fourth-order valence-corrected chi connectivity index (χ4v) is 1.10. The van der Waals surface area contributed by atoms with E-state index in [0.717, 1.165) is 6.42 Å². The number of aliphatic hydroxyl groups is 2. The number of nitrogens with one attached hydrogen (secondary N) is 1. The van der Waals surface area contributed by atoms with Crippen LogP contribution in [-0.4, -0.2) is 46.6 Å². The number of carboxylic acid groups (broad SMARTS) is 1. The zero-order valence-corrected chi connectivity index (χ0v) is 8.60. The third kappa shape index (κ3) is 4.55. The maximum Gasteiger partial charge on any atom is 0.320 e. The molecular formula is C9H19NO4. The zero-order valence-electron chi connectivity index (χ0n) is 8.60. The minimum atomic E-state index is -0.926. The molecule has 0 aromatic rings. The fraction of sp³-hybridized carbons (Fsp3) is 0.889. The summed E-state index contributed by atoms with van der Waals surface area (Å²) in [5.41, 5.74) is 0. The van der Waals surface area contributed by atoms with E-state index in [1.54, 1.807) is 0 Å². The Hall–Kier alpha value is -0.650. The molecule has 1 unspecified atom stereocenters. The lowest BCUT2D eigenvalue weighted by Crippen LogP contribution is -2.45. The van der Waals surface area contributed by atoms with Crippen LogP contribution < -0.4 is 5.32 Å². The van der Waals surface area contributed by atoms with Crippen LogP contribution in [0.5, 0.6) is 0 Å². The van der Waals surface area contributed by atoms with Crippen molar-refractivity contribution in [1.82, 2.24) is 5.32 Å². The summed E-state index contributed by atoms with van der Waals surface area (Å²) in [5, 5.41) is 29.1. The molecule has 0 saturated carbocycles. The lowest BCUT2D eigenvalue weighted by atomic mass is 9.99. The molecule has 84 valence electrons. The average Bonchev–Trinajstić information content (AvgIpc) is 2.16. The Morgan fingerprint density at radius 1 is 1.50 bits per heavy atom. The van der Waals surface area contributed by atoms with Gasteiger partial charge >= 0.3 is 5.97 Å². The molecular weight excluding hydrogens is 186 g/mol. The third-order valence-electron chi connectivity index (χ3n) is 2.26. The molecule has 0 heterocycles. The number of hydrogen-bond donors (Lipinski definition) is 4. The van der Waals surface area contributed by atoms with Crippen LogP contribution in [0, 0.1) is 5.92 Å². The first kappa shape index (κ1) is 13.4. The van der Waals surface area contributed by atoms with Gasteiger partial charge in [-0.2, -0.15) is 0 Å². The molecule has 0 aromatic heterocycles. The van der Waals surface area contributed by atoms with Gasteiger partial charge in [0.1, 0.15) is 6.04 Å². The van der Waals surface area contributed by atoms with E-state index in [-0.39, 0.29) is 19.1 Å². The van der Waals surface area contributed by atoms with Crippen molar-refractivity contribution in [2.24, 2.45) is 5.92 Å². The molecule has 4 N–H and O–H groups in total. The van der Waals surface area contributed by atoms with Gasteiger partial charge in [-0.15, -0.1) is 0 Å². The van der Waals surface area contributed by atoms with Crippen molar-refractivity contribution in [3.05, 3.63) is 0 Å². The molecule has 0 bridgehead atoms. The normalized spacial score (nSPS) is 17.4. The summed E-state index contributed by atoms with van der Waals surface area (Å²) >= 11 is 0. The molecule has 3 atom stereocenters. The summed E-state index contributed by atoms with van der Waals surface area (Å²) in [7, 11) is 0. The fourth-order valence-electron chi connectivity index (χ4n) is 1.10. The number of carboxylic acids is 1. The Balaban J connectivity index is 4.04. The highest BCUT2D eigenvalue weighted by atomic mass is 16.4. The molecule has 0 spiro atoms. The molecule has 0 radical (unpaired) electrons. The van der Waals surface area contributed by atoms with Crippen LogP contribution in [0.1, 0.15) is 20.3 Å². The minimum Gasteiger partial charge on any atom is -0.480 e. The van der Waals surface area contributed by atoms with E-state index in [9.17, 15) is 4.79 Å². The summed E-state index contributed by atoms with van der Waals surface area (Å²) in [6.07, 6.45) is -0.153. The number of aliphatic hydroxyl groups excluding tert-OH is 2. The lowest BCUT2D eigenvalue weighted by Gasteiger charge is -2.21. The SMILES string of the molecule is CC[C@H](C)[C@H](NCC(O)CO)C(=O)O. The van der Waals surface area contributed by atoms with E-state index in [4.69, 9.17) is 15.3 Å². The summed E-state index contributed by atoms with van der Waals surface area (Å²) < 4.78 is 0. The minimum absolute atomic E-state index is 0.00149. The molecule has 5 heteroatoms. The second kappa shape index (κ2) is 6.75. The molecule has 0 aromatic carbocycles. The van der Waals surface area contributed by atoms with E-state index in [1.165, 1.54) is 0 Å². The average molecular weight is 205 g/mol. The molecule has 0 amide bonds. The van der Waals surface area contributed by atoms with Gasteiger partial charge in [0.05, 0.1) is 12.7 Å². The van der Waals surface area contributed by atoms with Crippen LogP contribution in [-0.2, 0) is 4.79 Å². The molecule has 0 fully saturated rings. The van der Waals surface area contributed by atoms with Crippen LogP contribution in [0.25, 0.3) is 0 Å². The van der Waals surface area contributed by atoms with Crippen LogP contribution >= 0.6 is 0 Å². The van der Waals surface area contributed by atoms with Gasteiger partial charge in [-0.25, -0.2) is 0 Å². The predicted octanol–water partition coefficient (Wildman–Crippen LogP) is -0.571. The highest BCUT2D eigenvalue weighted by Gasteiger charge is 2.23. The van der Waals surface area contributed by atoms with Gasteiger partial charge in [0.15, 0.2) is 0 Å². The second-order valence-corrected chi connectivity index (χ2v) is 3.45. The molecule has 0 saturated heterocycles. The van der Waals surface area contributed by atoms with Gasteiger partial charge in [0.25, 0.3) is 0 Å². The largest absolute Gasteiger partial charge is 0.480 e. The molecule has 0 aliphatic carbocycles. The Kier molecular flexibility index (Phi) is 6.44. The van der Waals surface area contributed by atoms with Crippen molar-refractivity contribution in [2.75, 3.05) is 13.2 Å². The van der Waals surface area contributed by atoms with E-state index >= 15 is 0 Å². The van der Waals surface area contributed by atoms with Crippen molar-refractivity contribution in [3.63, 3.8) is 0 Å². The highest BCUT2D eigenvalue weighted by molar-refractivity contribution is 5.73. The summed E-state index contributed by atoms with van der Waals surface area (Å²) in [4.78, 5) is 10.8. The number of rotatable bonds is 7. The first-order valence-corrected chi connectivity index (χ1v) is 4.78. The van der Waals surface area contributed by atoms with Gasteiger partial charge < -0.3 is 20.6 Å². The predicted molar refractivity (Wildman–Crippen MR) is 52.0 cm³/mol. The molecule has 5 nitrogen and oxygen atoms in total. The quantitative estimate of drug-likeness (QED) is 0.447. The van der Waals surface area contributed by atoms with Crippen LogP contribution in [0.2, 0.25) is 0 Å². The summed E-state index contributed by atoms with van der Waals surface area (Å²) in [6, 6.07) is -0.666. The maximum absolute atomic E-state index is 10.8. The first-order valence-electron chi connectivity index (χ1n) is 4.78. The number of aliphatic carboxylic acids is 1. The second-order valence-electron chi connectivity index (χ2n) is 3.45. The summed E-state index contributed by atoms with van der Waals surface area (Å²) in [6.45, 7) is 3.47. The smallest absolute Gasteiger partial charge is 0.320 e. The summed E-state index contributed by atoms with van der Waals surface area (Å²) in [5.74, 6) is -0.928. The van der Waals surface area contributed by atoms with Crippen molar-refractivity contribution < 1.29 is 20.1 Å². The Bertz CT molecular complexity index is 174. The standard InChI is InChI=1S/C9H19NO4/c1-3-6(2)8(9(13)14)10-4-7(12)5-11/h6-8,10-12H,3-5H2,1-2H3,(H,13,14)/t6-,7?,8-/m0/s1. The van der Waals surface area contributed by atoms with Gasteiger partial charge in [-0.1, -0.05) is 20.3 Å². The topological polar surface area (TPSA) is 89.8 Å². The van der Waals surface area contributed by atoms with Gasteiger partial charge in [-0.05, 0) is 5.92 Å². The monoisotopic (exact) mass is 205 g/mol. The maximum atomic E-state index is 10.8. The molecule has 0 aliphatic heterocycles. The van der Waals surface area contributed by atoms with Gasteiger partial charge in [0.2, 0.25) is 0 Å². The van der Waals surface area contributed by atoms with Crippen LogP contribution in [0.3, 0.4) is 0 Å². The van der Waals surface area contributed by atoms with Crippen LogP contribution in [0.15, 0.2) is 0 Å². The molecule has 14 heavy (non-hydrogen) atoms. The molecule has 0 rings (SSSR count). The van der Waals surface area contributed by atoms with E-state index in [1.807, 2.05) is 13.8 Å². The Morgan fingerprint density at radius 3 is 2.43 bits per heavy atom. The van der Waals surface area contributed by atoms with Crippen molar-refractivity contribution >= 4 is 5.97 Å². The van der Waals surface area contributed by atoms with Crippen molar-refractivity contribution in [1.29, 1.82) is 0 Å². The third-order valence-corrected chi connectivity index (χ3v) is 2.26. The van der Waals surface area contributed by atoms with E-state index in [2.05, 4.69) is 5.32 Å². The zero-order chi connectivity index (χ0) is 11.1. The van der Waals surface area contributed by atoms with Crippen molar-refractivity contribution in [3.8, 4) is 0 Å². The van der Waals surface area contributed by atoms with Crippen LogP contribution in [0.4, 0.5) is 0 Å². The van der Waals surface area contributed by atoms with Gasteiger partial charge in [-0.3, -0.25) is 4.79 Å². The number of hydrogen-bond acceptors (Lipinski definition) is 4. The molecule has 0 aliphatic rings. The number of carbonyl (C=O) groups is 1. The first-order chi connectivity index (χ1) is 6.52. The Labute approximate surface area is 83.8 Å². The van der Waals surface area contributed by atoms with Crippen molar-refractivity contribution in [2.45, 2.75) is 32.4 Å². The Morgan fingerprint density at radius 2 is 2.07 bits per heavy atom. The van der Waals surface area contributed by atoms with E-state index in [0.29, 0.717) is 0 Å². The lowest BCUT2D eigenvalue weighted by molar-refractivity contribution is -0.141. The highest BCUT2D eigenvalue weighted by Crippen LogP contribution is 2.07.